The van der Waals surface area contributed by atoms with Crippen molar-refractivity contribution in [1.29, 1.82) is 0 Å². The number of carbonyl (C=O) groups is 3. The second kappa shape index (κ2) is 8.04. The average Bonchev–Trinajstić information content (AvgIpc) is 2.58. The van der Waals surface area contributed by atoms with Crippen LogP contribution < -0.4 is 16.4 Å². The summed E-state index contributed by atoms with van der Waals surface area (Å²) in [6, 6.07) is 5.64. The van der Waals surface area contributed by atoms with Gasteiger partial charge in [-0.1, -0.05) is 12.1 Å². The Kier molecular flexibility index (Phi) is 6.20. The molecule has 1 aromatic rings. The quantitative estimate of drug-likeness (QED) is 0.663. The largest absolute Gasteiger partial charge is 0.368 e. The molecule has 148 valence electrons. The smallest absolute Gasteiger partial charge is 0.246 e. The van der Waals surface area contributed by atoms with Gasteiger partial charge < -0.3 is 21.3 Å². The molecule has 1 heterocycles. The van der Waals surface area contributed by atoms with E-state index in [-0.39, 0.29) is 18.1 Å². The first kappa shape index (κ1) is 20.8. The Morgan fingerprint density at radius 1 is 1.19 bits per heavy atom. The minimum Gasteiger partial charge on any atom is -0.368 e. The lowest BCUT2D eigenvalue weighted by atomic mass is 9.85. The van der Waals surface area contributed by atoms with Gasteiger partial charge >= 0.3 is 0 Å². The van der Waals surface area contributed by atoms with Gasteiger partial charge in [-0.25, -0.2) is 4.39 Å². The van der Waals surface area contributed by atoms with Gasteiger partial charge in [-0.15, -0.1) is 0 Å². The fourth-order valence-electron chi connectivity index (χ4n) is 2.97. The number of piperidine rings is 1. The number of likely N-dealkylation sites (tertiary alicyclic amines) is 1. The predicted molar refractivity (Wildman–Crippen MR) is 99.1 cm³/mol. The molecule has 3 amide bonds. The summed E-state index contributed by atoms with van der Waals surface area (Å²) >= 11 is 0. The predicted octanol–water partition coefficient (Wildman–Crippen LogP) is 0.329. The molecule has 0 saturated carbocycles. The number of amides is 3. The monoisotopic (exact) mass is 378 g/mol. The van der Waals surface area contributed by atoms with Crippen LogP contribution in [0.3, 0.4) is 0 Å². The molecule has 1 aliphatic heterocycles. The minimum absolute atomic E-state index is 0.0321. The van der Waals surface area contributed by atoms with Crippen LogP contribution in [0.2, 0.25) is 0 Å². The molecule has 4 N–H and O–H groups in total. The number of hydrogen-bond donors (Lipinski definition) is 3. The van der Waals surface area contributed by atoms with E-state index in [0.717, 1.165) is 0 Å². The summed E-state index contributed by atoms with van der Waals surface area (Å²) in [6.45, 7) is 4.30. The Hall–Kier alpha value is -2.48. The number of rotatable bonds is 6. The summed E-state index contributed by atoms with van der Waals surface area (Å²) in [5, 5.41) is 5.52. The van der Waals surface area contributed by atoms with Crippen LogP contribution in [0.15, 0.2) is 24.3 Å². The topological polar surface area (TPSA) is 105 Å². The van der Waals surface area contributed by atoms with E-state index in [1.165, 1.54) is 38.1 Å². The van der Waals surface area contributed by atoms with Crippen molar-refractivity contribution in [2.45, 2.75) is 44.2 Å². The van der Waals surface area contributed by atoms with Crippen LogP contribution in [0, 0.1) is 5.82 Å². The zero-order valence-corrected chi connectivity index (χ0v) is 16.0. The maximum Gasteiger partial charge on any atom is 0.246 e. The molecule has 0 atom stereocenters. The Morgan fingerprint density at radius 2 is 1.74 bits per heavy atom. The highest BCUT2D eigenvalue weighted by Crippen LogP contribution is 2.23. The Morgan fingerprint density at radius 3 is 2.26 bits per heavy atom. The maximum absolute atomic E-state index is 13.0. The van der Waals surface area contributed by atoms with Gasteiger partial charge in [-0.05, 0) is 51.4 Å². The highest BCUT2D eigenvalue weighted by molar-refractivity contribution is 5.96. The van der Waals surface area contributed by atoms with Crippen molar-refractivity contribution in [3.8, 4) is 0 Å². The van der Waals surface area contributed by atoms with Gasteiger partial charge in [0.05, 0.1) is 6.42 Å². The van der Waals surface area contributed by atoms with Crippen LogP contribution in [0.5, 0.6) is 0 Å². The molecule has 1 aromatic carbocycles. The first-order valence-electron chi connectivity index (χ1n) is 8.91. The normalized spacial score (nSPS) is 17.2. The lowest BCUT2D eigenvalue weighted by Gasteiger charge is -2.41. The minimum atomic E-state index is -1.23. The van der Waals surface area contributed by atoms with Gasteiger partial charge in [0.25, 0.3) is 0 Å². The van der Waals surface area contributed by atoms with Crippen LogP contribution in [-0.2, 0) is 20.8 Å². The molecule has 2 rings (SSSR count). The Labute approximate surface area is 158 Å². The van der Waals surface area contributed by atoms with Crippen LogP contribution >= 0.6 is 0 Å². The fourth-order valence-corrected chi connectivity index (χ4v) is 2.97. The van der Waals surface area contributed by atoms with Gasteiger partial charge in [0.2, 0.25) is 17.7 Å². The SMILES string of the molecule is CN1CCC(NC(=O)Cc2ccc(F)cc2)(C(=O)NC(C)(C)C(N)=O)CC1. The average molecular weight is 378 g/mol. The van der Waals surface area contributed by atoms with Gasteiger partial charge in [-0.2, -0.15) is 0 Å². The number of carbonyl (C=O) groups excluding carboxylic acids is 3. The molecule has 7 nitrogen and oxygen atoms in total. The number of hydrogen-bond acceptors (Lipinski definition) is 4. The summed E-state index contributed by atoms with van der Waals surface area (Å²) in [5.74, 6) is -1.79. The molecule has 8 heteroatoms. The van der Waals surface area contributed by atoms with Crippen molar-refractivity contribution in [3.63, 3.8) is 0 Å². The molecule has 0 bridgehead atoms. The first-order chi connectivity index (χ1) is 12.5. The van der Waals surface area contributed by atoms with Crippen molar-refractivity contribution in [1.82, 2.24) is 15.5 Å². The highest BCUT2D eigenvalue weighted by atomic mass is 19.1. The highest BCUT2D eigenvalue weighted by Gasteiger charge is 2.44. The van der Waals surface area contributed by atoms with Crippen LogP contribution in [0.25, 0.3) is 0 Å². The van der Waals surface area contributed by atoms with Gasteiger partial charge in [0.15, 0.2) is 0 Å². The summed E-state index contributed by atoms with van der Waals surface area (Å²) in [5.41, 5.74) is 3.66. The molecule has 0 aliphatic carbocycles. The molecule has 1 saturated heterocycles. The molecule has 0 aromatic heterocycles. The number of nitrogens with one attached hydrogen (secondary N) is 2. The number of nitrogens with zero attached hydrogens (tertiary/aromatic N) is 1. The number of primary amides is 1. The van der Waals surface area contributed by atoms with Crippen molar-refractivity contribution in [2.24, 2.45) is 5.73 Å². The Bertz CT molecular complexity index is 710. The standard InChI is InChI=1S/C19H27FN4O3/c1-18(2,16(21)26)23-17(27)19(8-10-24(3)11-9-19)22-15(25)12-13-4-6-14(20)7-5-13/h4-7H,8-12H2,1-3H3,(H2,21,26)(H,22,25)(H,23,27). The molecule has 0 spiro atoms. The van der Waals surface area contributed by atoms with Crippen molar-refractivity contribution in [3.05, 3.63) is 35.6 Å². The second-order valence-electron chi connectivity index (χ2n) is 7.68. The van der Waals surface area contributed by atoms with E-state index >= 15 is 0 Å². The van der Waals surface area contributed by atoms with Gasteiger partial charge in [0, 0.05) is 13.1 Å². The van der Waals surface area contributed by atoms with Crippen LogP contribution in [0.4, 0.5) is 4.39 Å². The van der Waals surface area contributed by atoms with E-state index in [4.69, 9.17) is 5.73 Å². The third-order valence-corrected chi connectivity index (χ3v) is 4.97. The van der Waals surface area contributed by atoms with E-state index in [1.54, 1.807) is 0 Å². The van der Waals surface area contributed by atoms with Crippen molar-refractivity contribution >= 4 is 17.7 Å². The summed E-state index contributed by atoms with van der Waals surface area (Å²) < 4.78 is 13.0. The maximum atomic E-state index is 13.0. The molecule has 1 fully saturated rings. The number of halogens is 1. The Balaban J connectivity index is 2.15. The van der Waals surface area contributed by atoms with E-state index in [1.807, 2.05) is 7.05 Å². The van der Waals surface area contributed by atoms with E-state index < -0.39 is 22.9 Å². The van der Waals surface area contributed by atoms with E-state index in [9.17, 15) is 18.8 Å². The first-order valence-corrected chi connectivity index (χ1v) is 8.91. The zero-order chi connectivity index (χ0) is 20.2. The van der Waals surface area contributed by atoms with E-state index in [0.29, 0.717) is 31.5 Å². The van der Waals surface area contributed by atoms with Gasteiger partial charge in [0.1, 0.15) is 16.9 Å². The summed E-state index contributed by atoms with van der Waals surface area (Å²) in [4.78, 5) is 39.2. The molecule has 0 unspecified atom stereocenters. The van der Waals surface area contributed by atoms with E-state index in [2.05, 4.69) is 15.5 Å². The summed E-state index contributed by atoms with van der Waals surface area (Å²) in [6.07, 6.45) is 0.864. The molecular weight excluding hydrogens is 351 g/mol. The lowest BCUT2D eigenvalue weighted by Crippen LogP contribution is -2.67. The molecule has 0 radical (unpaired) electrons. The molecule has 27 heavy (non-hydrogen) atoms. The van der Waals surface area contributed by atoms with Gasteiger partial charge in [-0.3, -0.25) is 14.4 Å². The third-order valence-electron chi connectivity index (χ3n) is 4.97. The third kappa shape index (κ3) is 5.26. The van der Waals surface area contributed by atoms with Crippen LogP contribution in [0.1, 0.15) is 32.3 Å². The molecule has 1 aliphatic rings. The summed E-state index contributed by atoms with van der Waals surface area (Å²) in [7, 11) is 1.94. The van der Waals surface area contributed by atoms with Crippen molar-refractivity contribution in [2.75, 3.05) is 20.1 Å². The lowest BCUT2D eigenvalue weighted by molar-refractivity contribution is -0.139. The van der Waals surface area contributed by atoms with Crippen molar-refractivity contribution < 1.29 is 18.8 Å². The second-order valence-corrected chi connectivity index (χ2v) is 7.68. The molecular formula is C19H27FN4O3. The fraction of sp³-hybridized carbons (Fsp3) is 0.526. The van der Waals surface area contributed by atoms with Crippen LogP contribution in [-0.4, -0.2) is 53.8 Å². The number of nitrogens with two attached hydrogens (primary N) is 1. The zero-order valence-electron chi connectivity index (χ0n) is 16.0. The number of benzene rings is 1.